The minimum atomic E-state index is 0.375. The molecule has 1 rings (SSSR count). The highest BCUT2D eigenvalue weighted by Crippen LogP contribution is 2.30. The Kier molecular flexibility index (Phi) is 20.8. The van der Waals surface area contributed by atoms with Crippen molar-refractivity contribution in [2.24, 2.45) is 5.92 Å². The van der Waals surface area contributed by atoms with E-state index in [4.69, 9.17) is 4.79 Å². The SMILES string of the molecule is C=C(CC/C=C(\C)CCC=C(C)C)CCC1C=C(CC/C=C(\C)CCC=C(C)C)CCC1.COC=O. The van der Waals surface area contributed by atoms with Crippen molar-refractivity contribution in [2.75, 3.05) is 7.11 Å². The molecule has 0 aromatic carbocycles. The van der Waals surface area contributed by atoms with Gasteiger partial charge in [-0.05, 0) is 131 Å². The second kappa shape index (κ2) is 22.1. The van der Waals surface area contributed by atoms with E-state index in [1.54, 1.807) is 11.1 Å². The summed E-state index contributed by atoms with van der Waals surface area (Å²) < 4.78 is 3.86. The van der Waals surface area contributed by atoms with Crippen LogP contribution in [0.1, 0.15) is 125 Å². The molecule has 2 heteroatoms. The molecule has 0 fully saturated rings. The molecule has 0 aromatic rings. The molecule has 204 valence electrons. The number of hydrogen-bond acceptors (Lipinski definition) is 2. The lowest BCUT2D eigenvalue weighted by Crippen LogP contribution is -2.05. The minimum absolute atomic E-state index is 0.375. The molecule has 0 heterocycles. The summed E-state index contributed by atoms with van der Waals surface area (Å²) in [7, 11) is 1.31. The van der Waals surface area contributed by atoms with Crippen LogP contribution in [0.25, 0.3) is 0 Å². The van der Waals surface area contributed by atoms with Gasteiger partial charge in [-0.25, -0.2) is 0 Å². The van der Waals surface area contributed by atoms with Crippen LogP contribution in [0.2, 0.25) is 0 Å². The fourth-order valence-corrected chi connectivity index (χ4v) is 4.45. The van der Waals surface area contributed by atoms with Crippen LogP contribution >= 0.6 is 0 Å². The van der Waals surface area contributed by atoms with E-state index in [1.807, 2.05) is 0 Å². The molecule has 0 N–H and O–H groups in total. The largest absolute Gasteiger partial charge is 0.471 e. The van der Waals surface area contributed by atoms with Gasteiger partial charge < -0.3 is 4.74 Å². The molecule has 1 aliphatic rings. The molecule has 2 nitrogen and oxygen atoms in total. The van der Waals surface area contributed by atoms with Crippen LogP contribution in [-0.4, -0.2) is 13.6 Å². The fourth-order valence-electron chi connectivity index (χ4n) is 4.45. The summed E-state index contributed by atoms with van der Waals surface area (Å²) in [4.78, 5) is 8.95. The average molecular weight is 497 g/mol. The van der Waals surface area contributed by atoms with Crippen LogP contribution in [0, 0.1) is 5.92 Å². The topological polar surface area (TPSA) is 26.3 Å². The Morgan fingerprint density at radius 1 is 0.861 bits per heavy atom. The van der Waals surface area contributed by atoms with Gasteiger partial charge >= 0.3 is 0 Å². The molecular weight excluding hydrogens is 440 g/mol. The molecule has 1 atom stereocenters. The first-order chi connectivity index (χ1) is 17.2. The third-order valence-corrected chi connectivity index (χ3v) is 6.64. The van der Waals surface area contributed by atoms with Crippen molar-refractivity contribution < 1.29 is 9.53 Å². The molecular formula is C34H56O2. The lowest BCUT2D eigenvalue weighted by molar-refractivity contribution is -0.126. The summed E-state index contributed by atoms with van der Waals surface area (Å²) in [5.74, 6) is 0.777. The Morgan fingerprint density at radius 3 is 1.92 bits per heavy atom. The van der Waals surface area contributed by atoms with Gasteiger partial charge in [0.05, 0.1) is 7.11 Å². The Morgan fingerprint density at radius 2 is 1.39 bits per heavy atom. The Bertz CT molecular complexity index is 765. The van der Waals surface area contributed by atoms with Crippen molar-refractivity contribution in [3.63, 3.8) is 0 Å². The maximum Gasteiger partial charge on any atom is 0.292 e. The first kappa shape index (κ1) is 33.9. The molecule has 0 aromatic heterocycles. The summed E-state index contributed by atoms with van der Waals surface area (Å²) in [6, 6.07) is 0. The van der Waals surface area contributed by atoms with Gasteiger partial charge in [0.2, 0.25) is 0 Å². The molecule has 36 heavy (non-hydrogen) atoms. The quantitative estimate of drug-likeness (QED) is 0.157. The van der Waals surface area contributed by atoms with Gasteiger partial charge in [-0.15, -0.1) is 0 Å². The molecule has 1 unspecified atom stereocenters. The van der Waals surface area contributed by atoms with Crippen molar-refractivity contribution >= 4 is 6.47 Å². The van der Waals surface area contributed by atoms with Crippen molar-refractivity contribution in [1.82, 2.24) is 0 Å². The highest BCUT2D eigenvalue weighted by molar-refractivity contribution is 5.36. The second-order valence-electron chi connectivity index (χ2n) is 10.9. The first-order valence-corrected chi connectivity index (χ1v) is 14.1. The van der Waals surface area contributed by atoms with Crippen molar-refractivity contribution in [3.05, 3.63) is 70.4 Å². The molecule has 1 aliphatic carbocycles. The molecule has 0 saturated heterocycles. The molecule has 0 spiro atoms. The zero-order valence-electron chi connectivity index (χ0n) is 24.8. The Balaban J connectivity index is 0.00000283. The Labute approximate surface area is 224 Å². The van der Waals surface area contributed by atoms with Gasteiger partial charge in [-0.1, -0.05) is 70.4 Å². The van der Waals surface area contributed by atoms with Gasteiger partial charge in [0.25, 0.3) is 6.47 Å². The Hall–Kier alpha value is -2.09. The predicted molar refractivity (Wildman–Crippen MR) is 160 cm³/mol. The maximum atomic E-state index is 8.95. The monoisotopic (exact) mass is 496 g/mol. The van der Waals surface area contributed by atoms with E-state index in [9.17, 15) is 0 Å². The van der Waals surface area contributed by atoms with E-state index in [1.165, 1.54) is 100 Å². The van der Waals surface area contributed by atoms with Gasteiger partial charge in [0.1, 0.15) is 0 Å². The highest BCUT2D eigenvalue weighted by Gasteiger charge is 2.13. The van der Waals surface area contributed by atoms with Gasteiger partial charge in [0.15, 0.2) is 0 Å². The zero-order chi connectivity index (χ0) is 27.2. The molecule has 0 amide bonds. The predicted octanol–water partition coefficient (Wildman–Crippen LogP) is 10.8. The second-order valence-corrected chi connectivity index (χ2v) is 10.9. The molecule has 0 saturated carbocycles. The van der Waals surface area contributed by atoms with Gasteiger partial charge in [-0.3, -0.25) is 4.79 Å². The number of hydrogen-bond donors (Lipinski definition) is 0. The lowest BCUT2D eigenvalue weighted by Gasteiger charge is -2.21. The van der Waals surface area contributed by atoms with Crippen LogP contribution in [0.4, 0.5) is 0 Å². The van der Waals surface area contributed by atoms with E-state index >= 15 is 0 Å². The van der Waals surface area contributed by atoms with Gasteiger partial charge in [0, 0.05) is 0 Å². The normalized spacial score (nSPS) is 15.8. The summed E-state index contributed by atoms with van der Waals surface area (Å²) in [5, 5.41) is 0. The molecule has 0 aliphatic heterocycles. The summed E-state index contributed by atoms with van der Waals surface area (Å²) >= 11 is 0. The third kappa shape index (κ3) is 21.2. The number of rotatable bonds is 16. The zero-order valence-corrected chi connectivity index (χ0v) is 24.8. The van der Waals surface area contributed by atoms with Crippen LogP contribution in [0.3, 0.4) is 0 Å². The standard InChI is InChI=1S/C32H52.C2H4O2/c1-26(2)13-8-15-28(5)17-10-18-30(7)23-24-32-22-12-21-31(25-32)20-11-19-29(6)16-9-14-27(3)4;1-4-2-3/h13-14,17,19,25,32H,7-12,15-16,18,20-24H2,1-6H3;2H,1H3/b28-17+,29-19+;. The highest BCUT2D eigenvalue weighted by atomic mass is 16.5. The van der Waals surface area contributed by atoms with Crippen LogP contribution in [0.5, 0.6) is 0 Å². The third-order valence-electron chi connectivity index (χ3n) is 6.64. The number of carbonyl (C=O) groups is 1. The van der Waals surface area contributed by atoms with E-state index in [-0.39, 0.29) is 0 Å². The smallest absolute Gasteiger partial charge is 0.292 e. The van der Waals surface area contributed by atoms with Crippen molar-refractivity contribution in [3.8, 4) is 0 Å². The summed E-state index contributed by atoms with van der Waals surface area (Å²) in [6.45, 7) is 18.1. The summed E-state index contributed by atoms with van der Waals surface area (Å²) in [5.41, 5.74) is 9.07. The van der Waals surface area contributed by atoms with Gasteiger partial charge in [-0.2, -0.15) is 0 Å². The lowest BCUT2D eigenvalue weighted by atomic mass is 9.85. The first-order valence-electron chi connectivity index (χ1n) is 14.1. The number of allylic oxidation sites excluding steroid dienone is 11. The molecule has 0 bridgehead atoms. The van der Waals surface area contributed by atoms with Crippen LogP contribution < -0.4 is 0 Å². The number of methoxy groups -OCH3 is 1. The van der Waals surface area contributed by atoms with Crippen LogP contribution in [0.15, 0.2) is 70.4 Å². The fraction of sp³-hybridized carbons (Fsp3) is 0.618. The van der Waals surface area contributed by atoms with Crippen LogP contribution in [-0.2, 0) is 9.53 Å². The summed E-state index contributed by atoms with van der Waals surface area (Å²) in [6.07, 6.45) is 28.3. The number of carbonyl (C=O) groups excluding carboxylic acids is 1. The van der Waals surface area contributed by atoms with E-state index in [2.05, 4.69) is 83.2 Å². The molecule has 0 radical (unpaired) electrons. The van der Waals surface area contributed by atoms with Crippen molar-refractivity contribution in [2.45, 2.75) is 125 Å². The number of ether oxygens (including phenoxy) is 1. The average Bonchev–Trinajstić information content (AvgIpc) is 2.82. The van der Waals surface area contributed by atoms with E-state index in [0.717, 1.165) is 18.8 Å². The van der Waals surface area contributed by atoms with E-state index < -0.39 is 0 Å². The van der Waals surface area contributed by atoms with Crippen molar-refractivity contribution in [1.29, 1.82) is 0 Å². The minimum Gasteiger partial charge on any atom is -0.471 e. The van der Waals surface area contributed by atoms with E-state index in [0.29, 0.717) is 6.47 Å². The maximum absolute atomic E-state index is 8.95.